The van der Waals surface area contributed by atoms with Crippen LogP contribution in [0.25, 0.3) is 0 Å². The summed E-state index contributed by atoms with van der Waals surface area (Å²) in [6.45, 7) is 7.52. The number of halogens is 2. The standard InChI is InChI=1S/C13H19Br2NO/c1-5-13(2,3)16(4)8-9-6-10(14)12(17)11(15)7-9/h6-7,17H,5,8H2,1-4H3. The van der Waals surface area contributed by atoms with Gasteiger partial charge in [-0.2, -0.15) is 0 Å². The maximum absolute atomic E-state index is 9.66. The SMILES string of the molecule is CCC(C)(C)N(C)Cc1cc(Br)c(O)c(Br)c1. The van der Waals surface area contributed by atoms with E-state index in [0.29, 0.717) is 0 Å². The van der Waals surface area contributed by atoms with Crippen molar-refractivity contribution in [1.82, 2.24) is 4.90 Å². The summed E-state index contributed by atoms with van der Waals surface area (Å²) in [5, 5.41) is 9.66. The lowest BCUT2D eigenvalue weighted by Gasteiger charge is -2.35. The molecule has 1 N–H and O–H groups in total. The van der Waals surface area contributed by atoms with Crippen molar-refractivity contribution in [1.29, 1.82) is 0 Å². The lowest BCUT2D eigenvalue weighted by atomic mass is 9.99. The molecule has 1 aromatic carbocycles. The van der Waals surface area contributed by atoms with Crippen LogP contribution in [0.5, 0.6) is 5.75 Å². The van der Waals surface area contributed by atoms with Gasteiger partial charge in [0.15, 0.2) is 0 Å². The molecule has 0 atom stereocenters. The van der Waals surface area contributed by atoms with Gasteiger partial charge in [-0.1, -0.05) is 6.92 Å². The highest BCUT2D eigenvalue weighted by atomic mass is 79.9. The molecule has 1 aromatic rings. The zero-order valence-electron chi connectivity index (χ0n) is 10.7. The van der Waals surface area contributed by atoms with E-state index < -0.39 is 0 Å². The van der Waals surface area contributed by atoms with Gasteiger partial charge in [0.2, 0.25) is 0 Å². The van der Waals surface area contributed by atoms with E-state index in [-0.39, 0.29) is 11.3 Å². The summed E-state index contributed by atoms with van der Waals surface area (Å²) >= 11 is 6.71. The maximum atomic E-state index is 9.66. The average molecular weight is 365 g/mol. The van der Waals surface area contributed by atoms with Crippen molar-refractivity contribution >= 4 is 31.9 Å². The lowest BCUT2D eigenvalue weighted by Crippen LogP contribution is -2.39. The van der Waals surface area contributed by atoms with Gasteiger partial charge in [0.1, 0.15) is 5.75 Å². The lowest BCUT2D eigenvalue weighted by molar-refractivity contribution is 0.143. The van der Waals surface area contributed by atoms with E-state index in [1.165, 1.54) is 5.56 Å². The van der Waals surface area contributed by atoms with Gasteiger partial charge in [0, 0.05) is 12.1 Å². The Balaban J connectivity index is 2.90. The monoisotopic (exact) mass is 363 g/mol. The number of rotatable bonds is 4. The molecule has 0 heterocycles. The summed E-state index contributed by atoms with van der Waals surface area (Å²) in [5.41, 5.74) is 1.35. The second kappa shape index (κ2) is 5.72. The highest BCUT2D eigenvalue weighted by Crippen LogP contribution is 2.34. The van der Waals surface area contributed by atoms with Crippen molar-refractivity contribution in [2.45, 2.75) is 39.3 Å². The Hall–Kier alpha value is -0.0600. The van der Waals surface area contributed by atoms with Crippen LogP contribution in [0.15, 0.2) is 21.1 Å². The minimum Gasteiger partial charge on any atom is -0.506 e. The second-order valence-electron chi connectivity index (χ2n) is 4.93. The summed E-state index contributed by atoms with van der Waals surface area (Å²) in [4.78, 5) is 2.32. The Morgan fingerprint density at radius 3 is 2.12 bits per heavy atom. The van der Waals surface area contributed by atoms with E-state index in [1.54, 1.807) is 0 Å². The topological polar surface area (TPSA) is 23.5 Å². The number of aromatic hydroxyl groups is 1. The largest absolute Gasteiger partial charge is 0.506 e. The van der Waals surface area contributed by atoms with Crippen molar-refractivity contribution in [3.8, 4) is 5.75 Å². The van der Waals surface area contributed by atoms with Crippen molar-refractivity contribution in [2.75, 3.05) is 7.05 Å². The molecule has 0 bridgehead atoms. The fourth-order valence-electron chi connectivity index (χ4n) is 1.47. The van der Waals surface area contributed by atoms with Gasteiger partial charge < -0.3 is 5.11 Å². The average Bonchev–Trinajstić information content (AvgIpc) is 2.25. The molecule has 96 valence electrons. The number of benzene rings is 1. The number of phenols is 1. The van der Waals surface area contributed by atoms with Crippen LogP contribution >= 0.6 is 31.9 Å². The molecule has 0 aliphatic carbocycles. The van der Waals surface area contributed by atoms with Crippen molar-refractivity contribution in [3.63, 3.8) is 0 Å². The van der Waals surface area contributed by atoms with E-state index in [0.717, 1.165) is 21.9 Å². The molecular weight excluding hydrogens is 346 g/mol. The number of phenolic OH excluding ortho intramolecular Hbond substituents is 1. The van der Waals surface area contributed by atoms with E-state index in [4.69, 9.17) is 0 Å². The van der Waals surface area contributed by atoms with Crippen molar-refractivity contribution in [2.24, 2.45) is 0 Å². The molecule has 0 saturated carbocycles. The number of nitrogens with zero attached hydrogens (tertiary/aromatic N) is 1. The molecule has 0 amide bonds. The van der Waals surface area contributed by atoms with Crippen molar-refractivity contribution < 1.29 is 5.11 Å². The van der Waals surface area contributed by atoms with Crippen LogP contribution in [0.1, 0.15) is 32.8 Å². The molecule has 0 aromatic heterocycles. The molecular formula is C13H19Br2NO. The fraction of sp³-hybridized carbons (Fsp3) is 0.538. The van der Waals surface area contributed by atoms with Crippen LogP contribution in [0.3, 0.4) is 0 Å². The highest BCUT2D eigenvalue weighted by Gasteiger charge is 2.21. The molecule has 0 saturated heterocycles. The third-order valence-electron chi connectivity index (χ3n) is 3.40. The Kier molecular flexibility index (Phi) is 5.05. The summed E-state index contributed by atoms with van der Waals surface area (Å²) < 4.78 is 1.45. The summed E-state index contributed by atoms with van der Waals surface area (Å²) in [7, 11) is 2.12. The first-order valence-corrected chi connectivity index (χ1v) is 7.24. The first-order chi connectivity index (χ1) is 7.77. The molecule has 0 aliphatic rings. The van der Waals surface area contributed by atoms with Gasteiger partial charge >= 0.3 is 0 Å². The quantitative estimate of drug-likeness (QED) is 0.847. The Labute approximate surface area is 120 Å². The van der Waals surface area contributed by atoms with Gasteiger partial charge in [0.05, 0.1) is 8.95 Å². The number of hydrogen-bond acceptors (Lipinski definition) is 2. The highest BCUT2D eigenvalue weighted by molar-refractivity contribution is 9.11. The smallest absolute Gasteiger partial charge is 0.143 e. The third kappa shape index (κ3) is 3.70. The van der Waals surface area contributed by atoms with Gasteiger partial charge in [-0.25, -0.2) is 0 Å². The normalized spacial score (nSPS) is 12.2. The molecule has 17 heavy (non-hydrogen) atoms. The number of hydrogen-bond donors (Lipinski definition) is 1. The predicted molar refractivity (Wildman–Crippen MR) is 79.3 cm³/mol. The molecule has 1 rings (SSSR count). The van der Waals surface area contributed by atoms with Gasteiger partial charge in [0.25, 0.3) is 0 Å². The van der Waals surface area contributed by atoms with E-state index in [9.17, 15) is 5.11 Å². The zero-order chi connectivity index (χ0) is 13.2. The molecule has 0 radical (unpaired) electrons. The first kappa shape index (κ1) is 15.0. The van der Waals surface area contributed by atoms with Gasteiger partial charge in [-0.3, -0.25) is 4.90 Å². The molecule has 0 unspecified atom stereocenters. The Morgan fingerprint density at radius 1 is 1.24 bits per heavy atom. The molecule has 0 spiro atoms. The van der Waals surface area contributed by atoms with Crippen LogP contribution in [0.2, 0.25) is 0 Å². The summed E-state index contributed by atoms with van der Waals surface area (Å²) in [6.07, 6.45) is 1.10. The molecule has 0 fully saturated rings. The van der Waals surface area contributed by atoms with Crippen molar-refractivity contribution in [3.05, 3.63) is 26.6 Å². The van der Waals surface area contributed by atoms with Crippen LogP contribution < -0.4 is 0 Å². The van der Waals surface area contributed by atoms with E-state index >= 15 is 0 Å². The van der Waals surface area contributed by atoms with Gasteiger partial charge in [-0.15, -0.1) is 0 Å². The van der Waals surface area contributed by atoms with E-state index in [2.05, 4.69) is 64.6 Å². The van der Waals surface area contributed by atoms with Gasteiger partial charge in [-0.05, 0) is 76.9 Å². The zero-order valence-corrected chi connectivity index (χ0v) is 13.9. The van der Waals surface area contributed by atoms with Crippen LogP contribution in [0.4, 0.5) is 0 Å². The Morgan fingerprint density at radius 2 is 1.71 bits per heavy atom. The minimum absolute atomic E-state index is 0.177. The second-order valence-corrected chi connectivity index (χ2v) is 6.64. The Bertz CT molecular complexity index is 381. The maximum Gasteiger partial charge on any atom is 0.143 e. The third-order valence-corrected chi connectivity index (χ3v) is 4.60. The van der Waals surface area contributed by atoms with E-state index in [1.807, 2.05) is 12.1 Å². The fourth-order valence-corrected chi connectivity index (χ4v) is 2.75. The predicted octanol–water partition coefficient (Wildman–Crippen LogP) is 4.54. The van der Waals surface area contributed by atoms with Crippen LogP contribution in [-0.4, -0.2) is 22.6 Å². The minimum atomic E-state index is 0.177. The molecule has 4 heteroatoms. The van der Waals surface area contributed by atoms with Crippen LogP contribution in [-0.2, 0) is 6.54 Å². The first-order valence-electron chi connectivity index (χ1n) is 5.66. The molecule has 0 aliphatic heterocycles. The molecule has 2 nitrogen and oxygen atoms in total. The van der Waals surface area contributed by atoms with Crippen LogP contribution in [0, 0.1) is 0 Å². The summed E-state index contributed by atoms with van der Waals surface area (Å²) in [5.74, 6) is 0.256. The summed E-state index contributed by atoms with van der Waals surface area (Å²) in [6, 6.07) is 3.92.